The van der Waals surface area contributed by atoms with E-state index >= 15 is 0 Å². The highest BCUT2D eigenvalue weighted by molar-refractivity contribution is 5.84. The van der Waals surface area contributed by atoms with Crippen molar-refractivity contribution in [1.29, 1.82) is 0 Å². The lowest BCUT2D eigenvalue weighted by molar-refractivity contribution is -0.153. The number of ether oxygens (including phenoxy) is 1. The Morgan fingerprint density at radius 2 is 2.10 bits per heavy atom. The molecule has 6 nitrogen and oxygen atoms in total. The molecule has 0 bridgehead atoms. The summed E-state index contributed by atoms with van der Waals surface area (Å²) in [6, 6.07) is 8.73. The lowest BCUT2D eigenvalue weighted by Crippen LogP contribution is -2.29. The van der Waals surface area contributed by atoms with Crippen molar-refractivity contribution >= 4 is 16.8 Å². The Kier molecular flexibility index (Phi) is 5.13. The summed E-state index contributed by atoms with van der Waals surface area (Å²) in [6.45, 7) is 0.420. The Hall–Kier alpha value is -3.10. The van der Waals surface area contributed by atoms with Crippen LogP contribution in [-0.2, 0) is 11.8 Å². The molecule has 1 aliphatic rings. The molecule has 1 fully saturated rings. The van der Waals surface area contributed by atoms with Gasteiger partial charge in [0.15, 0.2) is 6.61 Å². The van der Waals surface area contributed by atoms with Gasteiger partial charge in [-0.15, -0.1) is 0 Å². The van der Waals surface area contributed by atoms with E-state index in [-0.39, 0.29) is 29.5 Å². The van der Waals surface area contributed by atoms with Crippen molar-refractivity contribution < 1.29 is 22.7 Å². The molecule has 1 amide bonds. The normalized spacial score (nSPS) is 19.5. The summed E-state index contributed by atoms with van der Waals surface area (Å²) in [5, 5.41) is 8.24. The van der Waals surface area contributed by atoms with Crippen LogP contribution in [0.25, 0.3) is 10.9 Å². The van der Waals surface area contributed by atoms with Crippen LogP contribution in [0.4, 0.5) is 13.2 Å². The largest absolute Gasteiger partial charge is 0.483 e. The smallest absolute Gasteiger partial charge is 0.422 e. The molecule has 0 aliphatic heterocycles. The van der Waals surface area contributed by atoms with Gasteiger partial charge in [-0.2, -0.15) is 18.3 Å². The Labute approximate surface area is 171 Å². The van der Waals surface area contributed by atoms with E-state index < -0.39 is 12.8 Å². The van der Waals surface area contributed by atoms with E-state index in [1.54, 1.807) is 13.0 Å². The summed E-state index contributed by atoms with van der Waals surface area (Å²) in [5.74, 6) is 0.0364. The summed E-state index contributed by atoms with van der Waals surface area (Å²) >= 11 is 0. The molecule has 0 unspecified atom stereocenters. The summed E-state index contributed by atoms with van der Waals surface area (Å²) in [6.07, 6.45) is -0.585. The molecule has 2 heterocycles. The van der Waals surface area contributed by atoms with Gasteiger partial charge in [0.1, 0.15) is 5.75 Å². The van der Waals surface area contributed by atoms with Crippen molar-refractivity contribution in [3.63, 3.8) is 0 Å². The minimum atomic E-state index is -4.40. The maximum atomic E-state index is 12.6. The number of rotatable bonds is 6. The van der Waals surface area contributed by atoms with E-state index in [2.05, 4.69) is 26.2 Å². The predicted octanol–water partition coefficient (Wildman–Crippen LogP) is 3.89. The first kappa shape index (κ1) is 20.2. The minimum absolute atomic E-state index is 0.0300. The Morgan fingerprint density at radius 1 is 1.30 bits per heavy atom. The number of aromatic nitrogens is 3. The number of hydrogen-bond acceptors (Lipinski definition) is 4. The average Bonchev–Trinajstić information content (AvgIpc) is 3.43. The topological polar surface area (TPSA) is 69.0 Å². The molecule has 4 rings (SSSR count). The third-order valence-electron chi connectivity index (χ3n) is 5.29. The molecule has 1 N–H and O–H groups in total. The van der Waals surface area contributed by atoms with E-state index in [1.165, 1.54) is 12.3 Å². The molecule has 1 aliphatic carbocycles. The molecule has 3 aromatic rings. The van der Waals surface area contributed by atoms with Gasteiger partial charge in [-0.1, -0.05) is 12.1 Å². The number of carbonyl (C=O) groups is 1. The fourth-order valence-corrected chi connectivity index (χ4v) is 3.54. The maximum Gasteiger partial charge on any atom is 0.422 e. The van der Waals surface area contributed by atoms with Crippen LogP contribution in [-0.4, -0.2) is 33.5 Å². The van der Waals surface area contributed by atoms with E-state index in [0.29, 0.717) is 5.69 Å². The molecule has 2 aromatic heterocycles. The summed E-state index contributed by atoms with van der Waals surface area (Å²) < 4.78 is 43.1. The highest BCUT2D eigenvalue weighted by Crippen LogP contribution is 2.48. The van der Waals surface area contributed by atoms with Gasteiger partial charge in [0.05, 0.1) is 29.6 Å². The van der Waals surface area contributed by atoms with Crippen LogP contribution in [0.1, 0.15) is 36.6 Å². The second-order valence-electron chi connectivity index (χ2n) is 7.59. The number of nitrogens with zero attached hydrogens (tertiary/aromatic N) is 3. The van der Waals surface area contributed by atoms with E-state index in [1.807, 2.05) is 30.1 Å². The number of amides is 1. The molecule has 0 spiro atoms. The molecule has 9 heteroatoms. The number of benzene rings is 1. The van der Waals surface area contributed by atoms with Crippen molar-refractivity contribution in [3.8, 4) is 5.75 Å². The Morgan fingerprint density at radius 3 is 2.80 bits per heavy atom. The van der Waals surface area contributed by atoms with Crippen molar-refractivity contribution in [2.45, 2.75) is 31.5 Å². The van der Waals surface area contributed by atoms with Gasteiger partial charge in [0.2, 0.25) is 5.91 Å². The van der Waals surface area contributed by atoms with E-state index in [4.69, 9.17) is 0 Å². The standard InChI is InChI=1S/C21H21F3N4O2/c1-12(18-6-5-15(10-25-18)30-11-21(22,23)24)27-20(29)17-8-16(17)13-3-4-14-9-26-28(2)19(14)7-13/h3-7,9-10,12,16-17H,8,11H2,1-2H3,(H,27,29)/t12-,16-,17+/m1/s1. The highest BCUT2D eigenvalue weighted by atomic mass is 19.4. The molecule has 0 radical (unpaired) electrons. The molecular weight excluding hydrogens is 397 g/mol. The van der Waals surface area contributed by atoms with Crippen LogP contribution in [0.15, 0.2) is 42.7 Å². The van der Waals surface area contributed by atoms with Crippen LogP contribution < -0.4 is 10.1 Å². The van der Waals surface area contributed by atoms with Crippen LogP contribution in [0, 0.1) is 5.92 Å². The van der Waals surface area contributed by atoms with E-state index in [9.17, 15) is 18.0 Å². The highest BCUT2D eigenvalue weighted by Gasteiger charge is 2.44. The molecular formula is C21H21F3N4O2. The molecule has 3 atom stereocenters. The fourth-order valence-electron chi connectivity index (χ4n) is 3.54. The number of nitrogens with one attached hydrogen (secondary N) is 1. The van der Waals surface area contributed by atoms with Gasteiger partial charge in [0, 0.05) is 18.4 Å². The Balaban J connectivity index is 1.34. The lowest BCUT2D eigenvalue weighted by atomic mass is 10.1. The second kappa shape index (κ2) is 7.62. The zero-order valence-corrected chi connectivity index (χ0v) is 16.5. The fraction of sp³-hybridized carbons (Fsp3) is 0.381. The minimum Gasteiger partial charge on any atom is -0.483 e. The van der Waals surface area contributed by atoms with Gasteiger partial charge < -0.3 is 10.1 Å². The molecule has 1 saturated carbocycles. The van der Waals surface area contributed by atoms with Crippen LogP contribution in [0.3, 0.4) is 0 Å². The lowest BCUT2D eigenvalue weighted by Gasteiger charge is -2.14. The SMILES string of the molecule is C[C@@H](NC(=O)[C@H]1C[C@@H]1c1ccc2cnn(C)c2c1)c1ccc(OCC(F)(F)F)cn1. The van der Waals surface area contributed by atoms with Crippen LogP contribution in [0.2, 0.25) is 0 Å². The number of fused-ring (bicyclic) bond motifs is 1. The van der Waals surface area contributed by atoms with Crippen molar-refractivity contribution in [1.82, 2.24) is 20.1 Å². The number of alkyl halides is 3. The number of hydrogen-bond donors (Lipinski definition) is 1. The van der Waals surface area contributed by atoms with Gasteiger partial charge in [-0.25, -0.2) is 0 Å². The zero-order valence-electron chi connectivity index (χ0n) is 16.5. The van der Waals surface area contributed by atoms with Gasteiger partial charge in [-0.3, -0.25) is 14.5 Å². The third-order valence-corrected chi connectivity index (χ3v) is 5.29. The number of carbonyl (C=O) groups excluding carboxylic acids is 1. The summed E-state index contributed by atoms with van der Waals surface area (Å²) in [5.41, 5.74) is 2.70. The first-order valence-corrected chi connectivity index (χ1v) is 9.59. The van der Waals surface area contributed by atoms with Crippen LogP contribution >= 0.6 is 0 Å². The number of aryl methyl sites for hydroxylation is 1. The number of pyridine rings is 1. The van der Waals surface area contributed by atoms with Crippen LogP contribution in [0.5, 0.6) is 5.75 Å². The molecule has 0 saturated heterocycles. The zero-order chi connectivity index (χ0) is 21.5. The first-order chi connectivity index (χ1) is 14.2. The molecule has 1 aromatic carbocycles. The average molecular weight is 418 g/mol. The summed E-state index contributed by atoms with van der Waals surface area (Å²) in [4.78, 5) is 16.7. The van der Waals surface area contributed by atoms with Crippen molar-refractivity contribution in [2.75, 3.05) is 6.61 Å². The van der Waals surface area contributed by atoms with Gasteiger partial charge in [0.25, 0.3) is 0 Å². The maximum absolute atomic E-state index is 12.6. The van der Waals surface area contributed by atoms with Crippen molar-refractivity contribution in [3.05, 3.63) is 54.0 Å². The van der Waals surface area contributed by atoms with E-state index in [0.717, 1.165) is 22.9 Å². The van der Waals surface area contributed by atoms with Gasteiger partial charge >= 0.3 is 6.18 Å². The molecule has 158 valence electrons. The van der Waals surface area contributed by atoms with Crippen molar-refractivity contribution in [2.24, 2.45) is 13.0 Å². The first-order valence-electron chi connectivity index (χ1n) is 9.59. The quantitative estimate of drug-likeness (QED) is 0.660. The summed E-state index contributed by atoms with van der Waals surface area (Å²) in [7, 11) is 1.89. The predicted molar refractivity (Wildman–Crippen MR) is 104 cm³/mol. The second-order valence-corrected chi connectivity index (χ2v) is 7.59. The van der Waals surface area contributed by atoms with Gasteiger partial charge in [-0.05, 0) is 43.0 Å². The molecule has 30 heavy (non-hydrogen) atoms. The third kappa shape index (κ3) is 4.39. The monoisotopic (exact) mass is 418 g/mol. The Bertz CT molecular complexity index is 1060. The number of halogens is 3.